The first-order valence-corrected chi connectivity index (χ1v) is 4.13. The van der Waals surface area contributed by atoms with Crippen LogP contribution in [0, 0.1) is 0 Å². The number of aliphatic hydroxyl groups is 1. The number of carbonyl (C=O) groups is 2. The summed E-state index contributed by atoms with van der Waals surface area (Å²) in [4.78, 5) is 19.7. The predicted molar refractivity (Wildman–Crippen MR) is 50.8 cm³/mol. The van der Waals surface area contributed by atoms with Crippen LogP contribution in [0.4, 0.5) is 0 Å². The standard InChI is InChI=1S/C6H12O3.C3H4O2/c1-3-9-6(8)4-5(2)7;1-2-3(4)5/h5,7H,3-4H2,1-2H3;2H,1H2,(H,4,5). The van der Waals surface area contributed by atoms with Crippen molar-refractivity contribution in [3.05, 3.63) is 12.7 Å². The molecule has 0 spiro atoms. The summed E-state index contributed by atoms with van der Waals surface area (Å²) in [5.74, 6) is -1.32. The monoisotopic (exact) mass is 204 g/mol. The zero-order valence-corrected chi connectivity index (χ0v) is 8.40. The van der Waals surface area contributed by atoms with Gasteiger partial charge in [-0.05, 0) is 13.8 Å². The smallest absolute Gasteiger partial charge is 0.327 e. The molecule has 1 atom stereocenters. The lowest BCUT2D eigenvalue weighted by molar-refractivity contribution is -0.145. The third-order valence-electron chi connectivity index (χ3n) is 0.942. The quantitative estimate of drug-likeness (QED) is 0.517. The zero-order valence-electron chi connectivity index (χ0n) is 8.40. The third-order valence-corrected chi connectivity index (χ3v) is 0.942. The van der Waals surface area contributed by atoms with E-state index in [-0.39, 0.29) is 12.4 Å². The number of carboxylic acids is 1. The molecule has 14 heavy (non-hydrogen) atoms. The topological polar surface area (TPSA) is 83.8 Å². The zero-order chi connectivity index (χ0) is 11.6. The first-order valence-electron chi connectivity index (χ1n) is 4.13. The van der Waals surface area contributed by atoms with Crippen molar-refractivity contribution in [1.29, 1.82) is 0 Å². The van der Waals surface area contributed by atoms with Crippen LogP contribution in [0.2, 0.25) is 0 Å². The lowest BCUT2D eigenvalue weighted by Crippen LogP contribution is -2.11. The summed E-state index contributed by atoms with van der Waals surface area (Å²) in [6.45, 7) is 6.63. The molecule has 0 amide bonds. The molecule has 0 aromatic heterocycles. The molecular weight excluding hydrogens is 188 g/mol. The van der Waals surface area contributed by atoms with E-state index < -0.39 is 12.1 Å². The molecule has 0 aromatic rings. The van der Waals surface area contributed by atoms with E-state index in [2.05, 4.69) is 11.3 Å². The van der Waals surface area contributed by atoms with Crippen LogP contribution in [0.5, 0.6) is 0 Å². The Hall–Kier alpha value is -1.36. The number of esters is 1. The number of hydrogen-bond donors (Lipinski definition) is 2. The SMILES string of the molecule is C=CC(=O)O.CCOC(=O)CC(C)O. The largest absolute Gasteiger partial charge is 0.478 e. The maximum absolute atomic E-state index is 10.5. The van der Waals surface area contributed by atoms with Gasteiger partial charge in [-0.1, -0.05) is 6.58 Å². The van der Waals surface area contributed by atoms with E-state index in [4.69, 9.17) is 10.2 Å². The van der Waals surface area contributed by atoms with Crippen LogP contribution < -0.4 is 0 Å². The molecule has 1 unspecified atom stereocenters. The fraction of sp³-hybridized carbons (Fsp3) is 0.556. The number of ether oxygens (including phenoxy) is 1. The minimum Gasteiger partial charge on any atom is -0.478 e. The summed E-state index contributed by atoms with van der Waals surface area (Å²) < 4.78 is 4.55. The van der Waals surface area contributed by atoms with Crippen LogP contribution in [-0.2, 0) is 14.3 Å². The molecule has 0 aliphatic carbocycles. The number of carboxylic acid groups (broad SMARTS) is 1. The molecule has 5 heteroatoms. The molecule has 0 saturated carbocycles. The lowest BCUT2D eigenvalue weighted by Gasteiger charge is -2.01. The molecule has 0 aromatic carbocycles. The Bertz CT molecular complexity index is 186. The maximum Gasteiger partial charge on any atom is 0.327 e. The fourth-order valence-corrected chi connectivity index (χ4v) is 0.461. The van der Waals surface area contributed by atoms with Gasteiger partial charge < -0.3 is 14.9 Å². The van der Waals surface area contributed by atoms with E-state index in [9.17, 15) is 9.59 Å². The van der Waals surface area contributed by atoms with Crippen molar-refractivity contribution >= 4 is 11.9 Å². The Morgan fingerprint density at radius 1 is 1.57 bits per heavy atom. The highest BCUT2D eigenvalue weighted by Gasteiger charge is 2.04. The van der Waals surface area contributed by atoms with Gasteiger partial charge in [0.1, 0.15) is 0 Å². The summed E-state index contributed by atoms with van der Waals surface area (Å²) in [5.41, 5.74) is 0. The molecule has 0 bridgehead atoms. The summed E-state index contributed by atoms with van der Waals surface area (Å²) in [6, 6.07) is 0. The summed E-state index contributed by atoms with van der Waals surface area (Å²) in [7, 11) is 0. The molecule has 0 rings (SSSR count). The van der Waals surface area contributed by atoms with Crippen molar-refractivity contribution in [3.63, 3.8) is 0 Å². The van der Waals surface area contributed by atoms with Crippen LogP contribution in [0.3, 0.4) is 0 Å². The second-order valence-corrected chi connectivity index (χ2v) is 2.40. The van der Waals surface area contributed by atoms with Gasteiger partial charge in [-0.2, -0.15) is 0 Å². The number of hydrogen-bond acceptors (Lipinski definition) is 4. The van der Waals surface area contributed by atoms with E-state index in [1.54, 1.807) is 13.8 Å². The van der Waals surface area contributed by atoms with Gasteiger partial charge in [0.15, 0.2) is 0 Å². The van der Waals surface area contributed by atoms with Gasteiger partial charge >= 0.3 is 11.9 Å². The first kappa shape index (κ1) is 15.1. The Balaban J connectivity index is 0. The molecule has 0 aliphatic rings. The van der Waals surface area contributed by atoms with Crippen LogP contribution in [0.25, 0.3) is 0 Å². The van der Waals surface area contributed by atoms with Crippen molar-refractivity contribution in [1.82, 2.24) is 0 Å². The molecule has 82 valence electrons. The van der Waals surface area contributed by atoms with Crippen LogP contribution in [0.15, 0.2) is 12.7 Å². The highest BCUT2D eigenvalue weighted by Crippen LogP contribution is 1.91. The molecule has 0 fully saturated rings. The Kier molecular flexibility index (Phi) is 10.5. The van der Waals surface area contributed by atoms with E-state index in [1.807, 2.05) is 0 Å². The summed E-state index contributed by atoms with van der Waals surface area (Å²) in [5, 5.41) is 16.3. The average Bonchev–Trinajstić information content (AvgIpc) is 2.04. The van der Waals surface area contributed by atoms with E-state index in [0.717, 1.165) is 6.08 Å². The second-order valence-electron chi connectivity index (χ2n) is 2.40. The van der Waals surface area contributed by atoms with Crippen LogP contribution in [0.1, 0.15) is 20.3 Å². The predicted octanol–water partition coefficient (Wildman–Crippen LogP) is 0.577. The Morgan fingerprint density at radius 3 is 2.21 bits per heavy atom. The molecule has 2 N–H and O–H groups in total. The van der Waals surface area contributed by atoms with Gasteiger partial charge in [0.05, 0.1) is 19.1 Å². The molecule has 5 nitrogen and oxygen atoms in total. The minimum atomic E-state index is -0.981. The first-order chi connectivity index (χ1) is 6.43. The average molecular weight is 204 g/mol. The van der Waals surface area contributed by atoms with Crippen molar-refractivity contribution in [2.75, 3.05) is 6.61 Å². The van der Waals surface area contributed by atoms with Gasteiger partial charge in [-0.15, -0.1) is 0 Å². The second kappa shape index (κ2) is 9.73. The van der Waals surface area contributed by atoms with Crippen molar-refractivity contribution in [2.24, 2.45) is 0 Å². The maximum atomic E-state index is 10.5. The Labute approximate surface area is 83.0 Å². The van der Waals surface area contributed by atoms with Crippen molar-refractivity contribution < 1.29 is 24.5 Å². The molecule has 0 saturated heterocycles. The summed E-state index contributed by atoms with van der Waals surface area (Å²) in [6.07, 6.45) is 0.331. The van der Waals surface area contributed by atoms with Gasteiger partial charge in [-0.3, -0.25) is 4.79 Å². The summed E-state index contributed by atoms with van der Waals surface area (Å²) >= 11 is 0. The van der Waals surface area contributed by atoms with E-state index >= 15 is 0 Å². The van der Waals surface area contributed by atoms with Crippen LogP contribution >= 0.6 is 0 Å². The highest BCUT2D eigenvalue weighted by atomic mass is 16.5. The number of rotatable bonds is 4. The number of carbonyl (C=O) groups excluding carboxylic acids is 1. The third kappa shape index (κ3) is 16.9. The van der Waals surface area contributed by atoms with Gasteiger partial charge in [0, 0.05) is 6.08 Å². The van der Waals surface area contributed by atoms with E-state index in [1.165, 1.54) is 0 Å². The van der Waals surface area contributed by atoms with Gasteiger partial charge in [0.2, 0.25) is 0 Å². The Morgan fingerprint density at radius 2 is 2.00 bits per heavy atom. The van der Waals surface area contributed by atoms with Gasteiger partial charge in [0.25, 0.3) is 0 Å². The fourth-order valence-electron chi connectivity index (χ4n) is 0.461. The molecule has 0 radical (unpaired) electrons. The van der Waals surface area contributed by atoms with Crippen LogP contribution in [-0.4, -0.2) is 34.9 Å². The normalized spacial score (nSPS) is 10.5. The lowest BCUT2D eigenvalue weighted by atomic mass is 10.3. The molecule has 0 heterocycles. The van der Waals surface area contributed by atoms with E-state index in [0.29, 0.717) is 6.61 Å². The highest BCUT2D eigenvalue weighted by molar-refractivity contribution is 5.78. The van der Waals surface area contributed by atoms with Crippen molar-refractivity contribution in [2.45, 2.75) is 26.4 Å². The molecule has 0 aliphatic heterocycles. The number of aliphatic carboxylic acids is 1. The number of aliphatic hydroxyl groups excluding tert-OH is 1. The molecular formula is C9H16O5. The minimum absolute atomic E-state index is 0.0911. The van der Waals surface area contributed by atoms with Crippen molar-refractivity contribution in [3.8, 4) is 0 Å². The van der Waals surface area contributed by atoms with Gasteiger partial charge in [-0.25, -0.2) is 4.79 Å².